The van der Waals surface area contributed by atoms with E-state index in [1.807, 2.05) is 26.8 Å². The lowest BCUT2D eigenvalue weighted by Gasteiger charge is -2.20. The van der Waals surface area contributed by atoms with Gasteiger partial charge in [-0.1, -0.05) is 18.2 Å². The molecule has 5 N–H and O–H groups in total. The summed E-state index contributed by atoms with van der Waals surface area (Å²) < 4.78 is 101. The van der Waals surface area contributed by atoms with E-state index in [0.717, 1.165) is 0 Å². The first-order valence-electron chi connectivity index (χ1n) is 14.1. The van der Waals surface area contributed by atoms with Crippen molar-refractivity contribution < 1.29 is 69.2 Å². The average Bonchev–Trinajstić information content (AvgIpc) is 3.51. The molecule has 0 aliphatic carbocycles. The first kappa shape index (κ1) is 41.4. The highest BCUT2D eigenvalue weighted by molar-refractivity contribution is 5.98. The number of nitrogens with zero attached hydrogens (tertiary/aromatic N) is 3. The van der Waals surface area contributed by atoms with Crippen LogP contribution in [0, 0.1) is 6.92 Å². The van der Waals surface area contributed by atoms with Gasteiger partial charge in [-0.25, -0.2) is 28.3 Å². The monoisotopic (exact) mass is 738 g/mol. The average molecular weight is 739 g/mol. The summed E-state index contributed by atoms with van der Waals surface area (Å²) in [5.74, 6) is -4.27. The van der Waals surface area contributed by atoms with E-state index in [1.165, 1.54) is 0 Å². The first-order valence-corrected chi connectivity index (χ1v) is 14.1. The van der Waals surface area contributed by atoms with Crippen LogP contribution in [0.1, 0.15) is 26.3 Å². The molecular formula is C30H30F8N6O7. The second-order valence-electron chi connectivity index (χ2n) is 11.0. The Hall–Kier alpha value is -5.76. The molecule has 0 saturated carbocycles. The molecule has 0 fully saturated rings. The van der Waals surface area contributed by atoms with Gasteiger partial charge in [0, 0.05) is 17.3 Å². The normalized spacial score (nSPS) is 11.5. The van der Waals surface area contributed by atoms with Crippen molar-refractivity contribution in [2.24, 2.45) is 0 Å². The molecular weight excluding hydrogens is 708 g/mol. The van der Waals surface area contributed by atoms with Gasteiger partial charge in [0.15, 0.2) is 12.4 Å². The topological polar surface area (TPSA) is 189 Å². The number of hydrogen-bond acceptors (Lipinski definition) is 9. The van der Waals surface area contributed by atoms with Gasteiger partial charge in [0.25, 0.3) is 12.3 Å². The summed E-state index contributed by atoms with van der Waals surface area (Å²) in [5, 5.41) is 27.4. The van der Waals surface area contributed by atoms with Gasteiger partial charge in [-0.3, -0.25) is 9.89 Å². The maximum absolute atomic E-state index is 13.0. The van der Waals surface area contributed by atoms with Gasteiger partial charge < -0.3 is 30.3 Å². The second kappa shape index (κ2) is 17.3. The number of carboxylic acid groups (broad SMARTS) is 2. The van der Waals surface area contributed by atoms with Crippen LogP contribution in [-0.2, 0) is 14.4 Å². The van der Waals surface area contributed by atoms with E-state index in [0.29, 0.717) is 45.1 Å². The summed E-state index contributed by atoms with van der Waals surface area (Å²) in [5.41, 5.74) is 2.07. The molecule has 4 aromatic rings. The zero-order valence-electron chi connectivity index (χ0n) is 26.9. The minimum atomic E-state index is -5.08. The fraction of sp³-hybridized carbons (Fsp3) is 0.333. The number of fused-ring (bicyclic) bond motifs is 1. The van der Waals surface area contributed by atoms with Gasteiger partial charge >= 0.3 is 24.3 Å². The number of alkyl halides is 8. The Morgan fingerprint density at radius 3 is 2.04 bits per heavy atom. The van der Waals surface area contributed by atoms with Crippen molar-refractivity contribution in [1.82, 2.24) is 25.5 Å². The molecule has 0 radical (unpaired) electrons. The number of carbonyl (C=O) groups is 3. The van der Waals surface area contributed by atoms with Crippen LogP contribution in [0.4, 0.5) is 46.6 Å². The predicted octanol–water partition coefficient (Wildman–Crippen LogP) is 6.28. The third-order valence-corrected chi connectivity index (χ3v) is 5.59. The smallest absolute Gasteiger partial charge is 0.487 e. The van der Waals surface area contributed by atoms with Crippen LogP contribution in [0.15, 0.2) is 48.8 Å². The number of aliphatic carboxylic acids is 2. The third kappa shape index (κ3) is 13.9. The highest BCUT2D eigenvalue weighted by Crippen LogP contribution is 2.37. The molecule has 0 spiro atoms. The fourth-order valence-corrected chi connectivity index (χ4v) is 3.64. The number of benzene rings is 2. The van der Waals surface area contributed by atoms with Crippen LogP contribution in [0.2, 0.25) is 0 Å². The molecule has 0 bridgehead atoms. The van der Waals surface area contributed by atoms with Crippen molar-refractivity contribution in [3.63, 3.8) is 0 Å². The number of nitrogens with one attached hydrogen (secondary N) is 3. The van der Waals surface area contributed by atoms with Crippen LogP contribution in [-0.4, -0.2) is 85.8 Å². The Kier molecular flexibility index (Phi) is 14.0. The van der Waals surface area contributed by atoms with Crippen molar-refractivity contribution in [2.75, 3.05) is 18.5 Å². The molecule has 51 heavy (non-hydrogen) atoms. The number of aromatic nitrogens is 4. The van der Waals surface area contributed by atoms with Gasteiger partial charge in [-0.15, -0.1) is 0 Å². The quantitative estimate of drug-likeness (QED) is 0.122. The van der Waals surface area contributed by atoms with Crippen LogP contribution < -0.4 is 20.1 Å². The van der Waals surface area contributed by atoms with E-state index in [-0.39, 0.29) is 23.8 Å². The largest absolute Gasteiger partial charge is 0.490 e. The molecule has 278 valence electrons. The number of carbonyl (C=O) groups excluding carboxylic acids is 1. The molecule has 0 aliphatic heterocycles. The molecule has 0 saturated heterocycles. The Morgan fingerprint density at radius 1 is 0.922 bits per heavy atom. The van der Waals surface area contributed by atoms with Crippen LogP contribution in [0.25, 0.3) is 22.3 Å². The van der Waals surface area contributed by atoms with E-state index in [1.54, 1.807) is 49.6 Å². The number of rotatable bonds is 9. The zero-order chi connectivity index (χ0) is 38.7. The summed E-state index contributed by atoms with van der Waals surface area (Å²) >= 11 is 0. The highest BCUT2D eigenvalue weighted by atomic mass is 19.4. The van der Waals surface area contributed by atoms with Crippen molar-refractivity contribution in [3.8, 4) is 22.9 Å². The fourth-order valence-electron chi connectivity index (χ4n) is 3.64. The van der Waals surface area contributed by atoms with Crippen molar-refractivity contribution in [3.05, 3.63) is 54.4 Å². The molecule has 2 aromatic carbocycles. The Morgan fingerprint density at radius 2 is 1.53 bits per heavy atom. The Bertz CT molecular complexity index is 1770. The van der Waals surface area contributed by atoms with E-state index in [4.69, 9.17) is 34.3 Å². The van der Waals surface area contributed by atoms with Crippen LogP contribution in [0.5, 0.6) is 11.5 Å². The number of halogens is 8. The van der Waals surface area contributed by atoms with E-state index in [2.05, 4.69) is 25.8 Å². The SMILES string of the molecule is Cc1ccc2nc(-c3cccc(OCC(=O)NC(C)(C)C)c3)nc(Nc3cn[nH]c3)c2c1OCC(F)F.O=C(O)C(F)(F)F.O=C(O)C(F)(F)F. The van der Waals surface area contributed by atoms with Gasteiger partial charge in [0.2, 0.25) is 0 Å². The summed E-state index contributed by atoms with van der Waals surface area (Å²) in [6, 6.07) is 10.6. The van der Waals surface area contributed by atoms with Gasteiger partial charge in [-0.2, -0.15) is 31.4 Å². The van der Waals surface area contributed by atoms with Crippen LogP contribution >= 0.6 is 0 Å². The zero-order valence-corrected chi connectivity index (χ0v) is 26.9. The molecule has 0 unspecified atom stereocenters. The molecule has 21 heteroatoms. The van der Waals surface area contributed by atoms with Gasteiger partial charge in [0.1, 0.15) is 23.9 Å². The maximum atomic E-state index is 13.0. The molecule has 0 atom stereocenters. The number of aromatic amines is 1. The Labute approximate surface area is 283 Å². The summed E-state index contributed by atoms with van der Waals surface area (Å²) in [6.07, 6.45) is -9.59. The van der Waals surface area contributed by atoms with E-state index in [9.17, 15) is 39.9 Å². The molecule has 2 heterocycles. The molecule has 13 nitrogen and oxygen atoms in total. The highest BCUT2D eigenvalue weighted by Gasteiger charge is 2.38. The molecule has 1 amide bonds. The van der Waals surface area contributed by atoms with E-state index < -0.39 is 37.3 Å². The van der Waals surface area contributed by atoms with Crippen LogP contribution in [0.3, 0.4) is 0 Å². The van der Waals surface area contributed by atoms with Gasteiger partial charge in [0.05, 0.1) is 22.8 Å². The van der Waals surface area contributed by atoms with E-state index >= 15 is 0 Å². The lowest BCUT2D eigenvalue weighted by Crippen LogP contribution is -2.43. The Balaban J connectivity index is 0.000000543. The van der Waals surface area contributed by atoms with Crippen molar-refractivity contribution >= 4 is 40.3 Å². The lowest BCUT2D eigenvalue weighted by atomic mass is 10.1. The number of H-pyrrole nitrogens is 1. The lowest BCUT2D eigenvalue weighted by molar-refractivity contribution is -0.193. The maximum Gasteiger partial charge on any atom is 0.490 e. The number of aryl methyl sites for hydroxylation is 1. The first-order chi connectivity index (χ1) is 23.5. The minimum Gasteiger partial charge on any atom is -0.487 e. The molecule has 4 rings (SSSR count). The minimum absolute atomic E-state index is 0.142. The number of amides is 1. The summed E-state index contributed by atoms with van der Waals surface area (Å²) in [6.45, 7) is 6.55. The molecule has 0 aliphatic rings. The summed E-state index contributed by atoms with van der Waals surface area (Å²) in [4.78, 5) is 39.3. The number of hydrogen-bond donors (Lipinski definition) is 5. The summed E-state index contributed by atoms with van der Waals surface area (Å²) in [7, 11) is 0. The number of carboxylic acids is 2. The van der Waals surface area contributed by atoms with Crippen molar-refractivity contribution in [2.45, 2.75) is 52.0 Å². The van der Waals surface area contributed by atoms with Crippen molar-refractivity contribution in [1.29, 1.82) is 0 Å². The standard InChI is InChI=1S/C26H28F2N6O3.2C2HF3O2/c1-15-8-9-19-22(23(15)37-13-20(27)28)25(31-17-11-29-30-12-17)33-24(32-19)16-6-5-7-18(10-16)36-14-21(35)34-26(2,3)4;2*3-2(4,5)1(6)7/h5-12,20H,13-14H2,1-4H3,(H,29,30)(H,34,35)(H,31,32,33);2*(H,6,7). The number of ether oxygens (including phenoxy) is 2. The third-order valence-electron chi connectivity index (χ3n) is 5.59. The second-order valence-corrected chi connectivity index (χ2v) is 11.0. The predicted molar refractivity (Wildman–Crippen MR) is 164 cm³/mol. The van der Waals surface area contributed by atoms with Gasteiger partial charge in [-0.05, 0) is 51.5 Å². The molecule has 2 aromatic heterocycles. The number of anilines is 2.